The van der Waals surface area contributed by atoms with Gasteiger partial charge in [0, 0.05) is 16.7 Å². The van der Waals surface area contributed by atoms with Crippen LogP contribution in [0.4, 0.5) is 5.13 Å². The number of aryl methyl sites for hydroxylation is 4. The van der Waals surface area contributed by atoms with Crippen LogP contribution in [0.1, 0.15) is 38.4 Å². The standard InChI is InChI=1S/C22H21N3O2S2/c1-12-9-10-17-15(4)19(27-18(17)14(12)3)20(26)23-21-24-25-22(29-21)28-11-16-8-6-5-7-13(16)2/h5-10H,11H2,1-4H3,(H,23,24,26). The molecule has 0 saturated heterocycles. The molecule has 0 spiro atoms. The Morgan fingerprint density at radius 2 is 1.83 bits per heavy atom. The molecule has 5 nitrogen and oxygen atoms in total. The number of nitrogens with one attached hydrogen (secondary N) is 1. The molecule has 2 heterocycles. The molecule has 0 aliphatic rings. The smallest absolute Gasteiger partial charge is 0.293 e. The van der Waals surface area contributed by atoms with Crippen molar-refractivity contribution in [3.63, 3.8) is 0 Å². The van der Waals surface area contributed by atoms with Crippen molar-refractivity contribution >= 4 is 45.1 Å². The van der Waals surface area contributed by atoms with Crippen LogP contribution in [-0.4, -0.2) is 16.1 Å². The van der Waals surface area contributed by atoms with Crippen LogP contribution in [0.3, 0.4) is 0 Å². The first-order valence-corrected chi connectivity index (χ1v) is 11.1. The molecule has 0 fully saturated rings. The lowest BCUT2D eigenvalue weighted by atomic mass is 10.0. The van der Waals surface area contributed by atoms with Crippen molar-refractivity contribution in [2.75, 3.05) is 5.32 Å². The Balaban J connectivity index is 1.48. The summed E-state index contributed by atoms with van der Waals surface area (Å²) >= 11 is 2.98. The van der Waals surface area contributed by atoms with E-state index in [1.807, 2.05) is 45.0 Å². The van der Waals surface area contributed by atoms with Crippen LogP contribution >= 0.6 is 23.1 Å². The van der Waals surface area contributed by atoms with E-state index in [-0.39, 0.29) is 5.91 Å². The SMILES string of the molecule is Cc1ccccc1CSc1nnc(NC(=O)c2oc3c(C)c(C)ccc3c2C)s1. The zero-order valence-electron chi connectivity index (χ0n) is 16.7. The number of hydrogen-bond donors (Lipinski definition) is 1. The first-order chi connectivity index (χ1) is 13.9. The van der Waals surface area contributed by atoms with E-state index >= 15 is 0 Å². The number of aromatic nitrogens is 2. The molecule has 0 bridgehead atoms. The van der Waals surface area contributed by atoms with Crippen LogP contribution in [-0.2, 0) is 5.75 Å². The average Bonchev–Trinajstić information content (AvgIpc) is 3.29. The fourth-order valence-corrected chi connectivity index (χ4v) is 4.94. The van der Waals surface area contributed by atoms with E-state index in [1.165, 1.54) is 22.5 Å². The molecule has 0 aliphatic heterocycles. The molecule has 4 rings (SSSR count). The molecular weight excluding hydrogens is 402 g/mol. The molecule has 2 aromatic carbocycles. The minimum atomic E-state index is -0.303. The van der Waals surface area contributed by atoms with Gasteiger partial charge >= 0.3 is 0 Å². The first kappa shape index (κ1) is 19.7. The Morgan fingerprint density at radius 3 is 2.62 bits per heavy atom. The van der Waals surface area contributed by atoms with Gasteiger partial charge in [0.1, 0.15) is 5.58 Å². The van der Waals surface area contributed by atoms with Gasteiger partial charge in [0.05, 0.1) is 0 Å². The third-order valence-corrected chi connectivity index (χ3v) is 7.09. The van der Waals surface area contributed by atoms with Crippen molar-refractivity contribution < 1.29 is 9.21 Å². The summed E-state index contributed by atoms with van der Waals surface area (Å²) in [7, 11) is 0. The average molecular weight is 424 g/mol. The first-order valence-electron chi connectivity index (χ1n) is 9.25. The Labute approximate surface area is 177 Å². The maximum atomic E-state index is 12.8. The Morgan fingerprint density at radius 1 is 1.03 bits per heavy atom. The van der Waals surface area contributed by atoms with Gasteiger partial charge in [0.2, 0.25) is 5.13 Å². The number of rotatable bonds is 5. The summed E-state index contributed by atoms with van der Waals surface area (Å²) in [5.74, 6) is 0.830. The highest BCUT2D eigenvalue weighted by Crippen LogP contribution is 2.32. The summed E-state index contributed by atoms with van der Waals surface area (Å²) in [4.78, 5) is 12.8. The van der Waals surface area contributed by atoms with Gasteiger partial charge < -0.3 is 4.42 Å². The zero-order valence-corrected chi connectivity index (χ0v) is 18.3. The van der Waals surface area contributed by atoms with E-state index in [9.17, 15) is 4.79 Å². The van der Waals surface area contributed by atoms with Crippen LogP contribution in [0.5, 0.6) is 0 Å². The molecule has 0 unspecified atom stereocenters. The van der Waals surface area contributed by atoms with Gasteiger partial charge in [-0.15, -0.1) is 10.2 Å². The predicted molar refractivity (Wildman–Crippen MR) is 119 cm³/mol. The summed E-state index contributed by atoms with van der Waals surface area (Å²) < 4.78 is 6.73. The topological polar surface area (TPSA) is 68.0 Å². The molecule has 4 aromatic rings. The quantitative estimate of drug-likeness (QED) is 0.312. The summed E-state index contributed by atoms with van der Waals surface area (Å²) in [6.07, 6.45) is 0. The molecule has 148 valence electrons. The van der Waals surface area contributed by atoms with Crippen molar-refractivity contribution in [1.29, 1.82) is 0 Å². The van der Waals surface area contributed by atoms with Gasteiger partial charge in [-0.1, -0.05) is 59.5 Å². The van der Waals surface area contributed by atoms with Crippen molar-refractivity contribution in [3.05, 3.63) is 70.0 Å². The molecule has 1 N–H and O–H groups in total. The number of anilines is 1. The van der Waals surface area contributed by atoms with Crippen molar-refractivity contribution in [2.45, 2.75) is 37.8 Å². The van der Waals surface area contributed by atoms with E-state index < -0.39 is 0 Å². The van der Waals surface area contributed by atoms with Crippen LogP contribution in [0.25, 0.3) is 11.0 Å². The number of thioether (sulfide) groups is 1. The van der Waals surface area contributed by atoms with Gasteiger partial charge in [0.25, 0.3) is 5.91 Å². The number of furan rings is 1. The van der Waals surface area contributed by atoms with Gasteiger partial charge in [-0.2, -0.15) is 0 Å². The molecule has 29 heavy (non-hydrogen) atoms. The highest BCUT2D eigenvalue weighted by molar-refractivity contribution is 8.00. The van der Waals surface area contributed by atoms with Gasteiger partial charge in [-0.3, -0.25) is 10.1 Å². The number of carbonyl (C=O) groups is 1. The zero-order chi connectivity index (χ0) is 20.5. The number of nitrogens with zero attached hydrogens (tertiary/aromatic N) is 2. The minimum Gasteiger partial charge on any atom is -0.450 e. The van der Waals surface area contributed by atoms with Gasteiger partial charge in [-0.25, -0.2) is 0 Å². The van der Waals surface area contributed by atoms with Crippen LogP contribution in [0.15, 0.2) is 45.2 Å². The number of hydrogen-bond acceptors (Lipinski definition) is 6. The second-order valence-corrected chi connectivity index (χ2v) is 9.18. The summed E-state index contributed by atoms with van der Waals surface area (Å²) in [5, 5.41) is 12.5. The maximum Gasteiger partial charge on any atom is 0.293 e. The Kier molecular flexibility index (Phi) is 5.43. The second kappa shape index (κ2) is 8.00. The lowest BCUT2D eigenvalue weighted by molar-refractivity contribution is 0.0998. The summed E-state index contributed by atoms with van der Waals surface area (Å²) in [6, 6.07) is 12.3. The molecule has 0 saturated carbocycles. The fraction of sp³-hybridized carbons (Fsp3) is 0.227. The second-order valence-electron chi connectivity index (χ2n) is 6.98. The van der Waals surface area contributed by atoms with Crippen LogP contribution in [0.2, 0.25) is 0 Å². The lowest BCUT2D eigenvalue weighted by Crippen LogP contribution is -2.11. The molecule has 7 heteroatoms. The van der Waals surface area contributed by atoms with Gasteiger partial charge in [-0.05, 0) is 49.9 Å². The number of carbonyl (C=O) groups excluding carboxylic acids is 1. The monoisotopic (exact) mass is 423 g/mol. The van der Waals surface area contributed by atoms with Crippen molar-refractivity contribution in [1.82, 2.24) is 10.2 Å². The summed E-state index contributed by atoms with van der Waals surface area (Å²) in [5.41, 5.74) is 6.30. The van der Waals surface area contributed by atoms with E-state index in [0.29, 0.717) is 10.9 Å². The predicted octanol–water partition coefficient (Wildman–Crippen LogP) is 6.06. The van der Waals surface area contributed by atoms with E-state index in [2.05, 4.69) is 34.6 Å². The van der Waals surface area contributed by atoms with Gasteiger partial charge in [0.15, 0.2) is 10.1 Å². The van der Waals surface area contributed by atoms with E-state index in [0.717, 1.165) is 37.8 Å². The largest absolute Gasteiger partial charge is 0.450 e. The summed E-state index contributed by atoms with van der Waals surface area (Å²) in [6.45, 7) is 8.04. The third kappa shape index (κ3) is 3.93. The molecule has 0 atom stereocenters. The van der Waals surface area contributed by atoms with E-state index in [4.69, 9.17) is 4.42 Å². The molecule has 0 aliphatic carbocycles. The third-order valence-electron chi connectivity index (χ3n) is 5.07. The molecule has 0 radical (unpaired) electrons. The molecule has 1 amide bonds. The van der Waals surface area contributed by atoms with E-state index in [1.54, 1.807) is 11.8 Å². The fourth-order valence-electron chi connectivity index (χ4n) is 3.12. The minimum absolute atomic E-state index is 0.303. The van der Waals surface area contributed by atoms with Crippen molar-refractivity contribution in [3.8, 4) is 0 Å². The Hall–Kier alpha value is -2.64. The normalized spacial score (nSPS) is 11.2. The van der Waals surface area contributed by atoms with Crippen molar-refractivity contribution in [2.24, 2.45) is 0 Å². The van der Waals surface area contributed by atoms with Crippen LogP contribution in [0, 0.1) is 27.7 Å². The Bertz CT molecular complexity index is 1210. The molecule has 2 aromatic heterocycles. The van der Waals surface area contributed by atoms with Crippen LogP contribution < -0.4 is 5.32 Å². The lowest BCUT2D eigenvalue weighted by Gasteiger charge is -2.02. The molecular formula is C22H21N3O2S2. The highest BCUT2D eigenvalue weighted by atomic mass is 32.2. The number of fused-ring (bicyclic) bond motifs is 1. The number of benzene rings is 2. The maximum absolute atomic E-state index is 12.8. The highest BCUT2D eigenvalue weighted by Gasteiger charge is 2.20. The number of amides is 1.